The van der Waals surface area contributed by atoms with Crippen molar-refractivity contribution in [2.24, 2.45) is 7.05 Å². The highest BCUT2D eigenvalue weighted by atomic mass is 16.4. The summed E-state index contributed by atoms with van der Waals surface area (Å²) in [5.41, 5.74) is 5.96. The lowest BCUT2D eigenvalue weighted by atomic mass is 10.0. The number of carboxylic acids is 2. The summed E-state index contributed by atoms with van der Waals surface area (Å²) in [5, 5.41) is 16.9. The smallest absolute Gasteiger partial charge is 0.333 e. The number of rotatable bonds is 7. The number of aliphatic carboxylic acids is 2. The second-order valence-corrected chi connectivity index (χ2v) is 10.7. The molecule has 2 N–H and O–H groups in total. The van der Waals surface area contributed by atoms with Crippen molar-refractivity contribution in [1.82, 2.24) is 18.6 Å². The van der Waals surface area contributed by atoms with E-state index in [1.807, 2.05) is 21.3 Å². The lowest BCUT2D eigenvalue weighted by Gasteiger charge is -2.36. The van der Waals surface area contributed by atoms with Gasteiger partial charge in [0.2, 0.25) is 0 Å². The van der Waals surface area contributed by atoms with Gasteiger partial charge in [0.25, 0.3) is 0 Å². The predicted octanol–water partition coefficient (Wildman–Crippen LogP) is 4.24. The van der Waals surface area contributed by atoms with Crippen molar-refractivity contribution >= 4 is 45.3 Å². The Labute approximate surface area is 244 Å². The Bertz CT molecular complexity index is 1690. The zero-order valence-corrected chi connectivity index (χ0v) is 23.9. The van der Waals surface area contributed by atoms with Crippen molar-refractivity contribution in [2.75, 3.05) is 37.6 Å². The third-order valence-corrected chi connectivity index (χ3v) is 8.00. The number of anilines is 1. The standard InChI is InChI=1S/C28H33N5O.C4H4O4/c1-29-14-13-22-21-24(11-12-25(22)29)31-18-15-30(16-19-31)17-20-32-26-9-5-6-10-27(26)33(28(32)34)23-7-3-2-4-8-23;5-3(6)1-2-4(7)8/h5-7,9-14,21H,2-4,8,15-20H2,1H3;1-2H,(H,5,6)(H,7,8)/b;2-1+. The van der Waals surface area contributed by atoms with E-state index in [0.717, 1.165) is 63.1 Å². The highest BCUT2D eigenvalue weighted by molar-refractivity contribution is 5.89. The van der Waals surface area contributed by atoms with E-state index in [4.69, 9.17) is 10.2 Å². The van der Waals surface area contributed by atoms with Gasteiger partial charge in [-0.2, -0.15) is 0 Å². The Balaban J connectivity index is 0.000000390. The number of benzene rings is 2. The largest absolute Gasteiger partial charge is 0.478 e. The van der Waals surface area contributed by atoms with Crippen LogP contribution in [0.1, 0.15) is 25.7 Å². The fraction of sp³-hybridized carbons (Fsp3) is 0.344. The minimum atomic E-state index is -1.26. The number of aromatic nitrogens is 3. The molecule has 1 aliphatic carbocycles. The molecule has 220 valence electrons. The van der Waals surface area contributed by atoms with Crippen LogP contribution in [0.3, 0.4) is 0 Å². The summed E-state index contributed by atoms with van der Waals surface area (Å²) in [7, 11) is 2.09. The second kappa shape index (κ2) is 12.9. The third kappa shape index (κ3) is 6.49. The molecule has 0 bridgehead atoms. The molecular formula is C32H37N5O5. The van der Waals surface area contributed by atoms with Crippen LogP contribution in [0.4, 0.5) is 5.69 Å². The van der Waals surface area contributed by atoms with Gasteiger partial charge in [0, 0.05) is 87.0 Å². The van der Waals surface area contributed by atoms with E-state index >= 15 is 0 Å². The molecule has 10 nitrogen and oxygen atoms in total. The first-order chi connectivity index (χ1) is 20.3. The minimum Gasteiger partial charge on any atom is -0.478 e. The van der Waals surface area contributed by atoms with Gasteiger partial charge in [-0.25, -0.2) is 14.4 Å². The molecule has 0 unspecified atom stereocenters. The monoisotopic (exact) mass is 571 g/mol. The number of aryl methyl sites for hydroxylation is 1. The lowest BCUT2D eigenvalue weighted by molar-refractivity contribution is -0.134. The molecule has 0 radical (unpaired) electrons. The zero-order chi connectivity index (χ0) is 29.6. The first kappa shape index (κ1) is 28.9. The fourth-order valence-corrected chi connectivity index (χ4v) is 5.81. The van der Waals surface area contributed by atoms with Crippen molar-refractivity contribution in [2.45, 2.75) is 32.2 Å². The third-order valence-electron chi connectivity index (χ3n) is 8.00. The van der Waals surface area contributed by atoms with Gasteiger partial charge in [0.05, 0.1) is 11.0 Å². The molecular weight excluding hydrogens is 534 g/mol. The Morgan fingerprint density at radius 1 is 0.857 bits per heavy atom. The van der Waals surface area contributed by atoms with Crippen LogP contribution in [0.15, 0.2) is 77.8 Å². The van der Waals surface area contributed by atoms with Crippen LogP contribution < -0.4 is 10.6 Å². The van der Waals surface area contributed by atoms with Gasteiger partial charge in [-0.05, 0) is 62.1 Å². The first-order valence-corrected chi connectivity index (χ1v) is 14.4. The Hall–Kier alpha value is -4.57. The van der Waals surface area contributed by atoms with Crippen LogP contribution in [-0.4, -0.2) is 73.5 Å². The first-order valence-electron chi connectivity index (χ1n) is 14.4. The van der Waals surface area contributed by atoms with E-state index in [0.29, 0.717) is 12.2 Å². The topological polar surface area (TPSA) is 113 Å². The molecule has 2 aliphatic rings. The number of fused-ring (bicyclic) bond motifs is 2. The van der Waals surface area contributed by atoms with Crippen LogP contribution in [0.25, 0.3) is 27.6 Å². The number of nitrogens with zero attached hydrogens (tertiary/aromatic N) is 5. The van der Waals surface area contributed by atoms with E-state index in [1.54, 1.807) is 0 Å². The normalized spacial score (nSPS) is 16.0. The predicted molar refractivity (Wildman–Crippen MR) is 165 cm³/mol. The van der Waals surface area contributed by atoms with Gasteiger partial charge in [-0.15, -0.1) is 0 Å². The molecule has 3 heterocycles. The molecule has 42 heavy (non-hydrogen) atoms. The molecule has 1 aliphatic heterocycles. The van der Waals surface area contributed by atoms with E-state index in [1.165, 1.54) is 35.1 Å². The molecule has 0 amide bonds. The summed E-state index contributed by atoms with van der Waals surface area (Å²) < 4.78 is 6.12. The average Bonchev–Trinajstić information content (AvgIpc) is 3.51. The number of allylic oxidation sites excluding steroid dienone is 2. The number of carbonyl (C=O) groups is 2. The molecule has 1 saturated heterocycles. The van der Waals surface area contributed by atoms with Gasteiger partial charge < -0.3 is 19.7 Å². The Kier molecular flexibility index (Phi) is 8.92. The van der Waals surface area contributed by atoms with Crippen molar-refractivity contribution in [3.05, 3.63) is 83.4 Å². The molecule has 0 saturated carbocycles. The van der Waals surface area contributed by atoms with Crippen molar-refractivity contribution in [3.63, 3.8) is 0 Å². The highest BCUT2D eigenvalue weighted by Crippen LogP contribution is 2.26. The molecule has 10 heteroatoms. The number of para-hydroxylation sites is 2. The summed E-state index contributed by atoms with van der Waals surface area (Å²) >= 11 is 0. The van der Waals surface area contributed by atoms with E-state index in [9.17, 15) is 14.4 Å². The van der Waals surface area contributed by atoms with Gasteiger partial charge >= 0.3 is 17.6 Å². The van der Waals surface area contributed by atoms with E-state index in [-0.39, 0.29) is 5.69 Å². The van der Waals surface area contributed by atoms with Gasteiger partial charge in [0.15, 0.2) is 0 Å². The zero-order valence-electron chi connectivity index (χ0n) is 23.9. The van der Waals surface area contributed by atoms with Crippen LogP contribution in [-0.2, 0) is 23.2 Å². The maximum atomic E-state index is 13.5. The SMILES string of the molecule is Cn1ccc2cc(N3CCN(CCn4c(=O)n(C5=CCCCC5)c5ccccc54)CC3)ccc21.O=C(O)/C=C/C(=O)O. The lowest BCUT2D eigenvalue weighted by Crippen LogP contribution is -2.47. The number of piperazine rings is 1. The second-order valence-electron chi connectivity index (χ2n) is 10.7. The molecule has 2 aromatic carbocycles. The van der Waals surface area contributed by atoms with Crippen molar-refractivity contribution in [1.29, 1.82) is 0 Å². The van der Waals surface area contributed by atoms with Crippen molar-refractivity contribution in [3.8, 4) is 0 Å². The fourth-order valence-electron chi connectivity index (χ4n) is 5.81. The van der Waals surface area contributed by atoms with Crippen LogP contribution in [0.5, 0.6) is 0 Å². The molecule has 4 aromatic rings. The highest BCUT2D eigenvalue weighted by Gasteiger charge is 2.20. The number of hydrogen-bond acceptors (Lipinski definition) is 5. The molecule has 0 atom stereocenters. The number of imidazole rings is 1. The summed E-state index contributed by atoms with van der Waals surface area (Å²) in [5.74, 6) is -2.51. The van der Waals surface area contributed by atoms with Gasteiger partial charge in [0.1, 0.15) is 0 Å². The van der Waals surface area contributed by atoms with Gasteiger partial charge in [-0.3, -0.25) is 14.0 Å². The molecule has 1 fully saturated rings. The summed E-state index contributed by atoms with van der Waals surface area (Å²) in [6.07, 6.45) is 9.95. The number of hydrogen-bond donors (Lipinski definition) is 2. The average molecular weight is 572 g/mol. The van der Waals surface area contributed by atoms with E-state index < -0.39 is 11.9 Å². The maximum absolute atomic E-state index is 13.5. The maximum Gasteiger partial charge on any atom is 0.333 e. The summed E-state index contributed by atoms with van der Waals surface area (Å²) in [6, 6.07) is 17.2. The van der Waals surface area contributed by atoms with Crippen LogP contribution in [0.2, 0.25) is 0 Å². The summed E-state index contributed by atoms with van der Waals surface area (Å²) in [6.45, 7) is 5.70. The van der Waals surface area contributed by atoms with Crippen LogP contribution >= 0.6 is 0 Å². The van der Waals surface area contributed by atoms with E-state index in [2.05, 4.69) is 70.1 Å². The summed E-state index contributed by atoms with van der Waals surface area (Å²) in [4.78, 5) is 37.5. The van der Waals surface area contributed by atoms with Crippen molar-refractivity contribution < 1.29 is 19.8 Å². The van der Waals surface area contributed by atoms with Crippen LogP contribution in [0, 0.1) is 0 Å². The molecule has 6 rings (SSSR count). The quantitative estimate of drug-likeness (QED) is 0.319. The molecule has 2 aromatic heterocycles. The Morgan fingerprint density at radius 2 is 1.57 bits per heavy atom. The van der Waals surface area contributed by atoms with Gasteiger partial charge in [-0.1, -0.05) is 18.2 Å². The number of carboxylic acid groups (broad SMARTS) is 2. The molecule has 0 spiro atoms. The minimum absolute atomic E-state index is 0.115. The Morgan fingerprint density at radius 3 is 2.24 bits per heavy atom.